The molecule has 2 saturated heterocycles. The van der Waals surface area contributed by atoms with Crippen LogP contribution in [0.5, 0.6) is 0 Å². The third-order valence-corrected chi connectivity index (χ3v) is 4.88. The van der Waals surface area contributed by atoms with Gasteiger partial charge in [-0.3, -0.25) is 0 Å². The number of aliphatic hydroxyl groups is 1. The Labute approximate surface area is 186 Å². The number of aliphatic hydroxyl groups excluding tert-OH is 1. The van der Waals surface area contributed by atoms with E-state index in [-0.39, 0.29) is 35.0 Å². The molecule has 2 amide bonds. The second-order valence-electron chi connectivity index (χ2n) is 6.94. The number of aromatic nitrogens is 3. The highest BCUT2D eigenvalue weighted by Crippen LogP contribution is 2.37. The molecule has 8 nitrogen and oxygen atoms in total. The van der Waals surface area contributed by atoms with Gasteiger partial charge in [-0.2, -0.15) is 5.10 Å². The molecule has 2 aliphatic rings. The van der Waals surface area contributed by atoms with Gasteiger partial charge in [-0.15, -0.1) is 0 Å². The van der Waals surface area contributed by atoms with Gasteiger partial charge in [-0.1, -0.05) is 0 Å². The molecule has 0 saturated carbocycles. The number of carbonyl (C=O) groups is 1. The van der Waals surface area contributed by atoms with Crippen LogP contribution < -0.4 is 10.2 Å². The normalized spacial score (nSPS) is 31.8. The zero-order chi connectivity index (χ0) is 27.8. The summed E-state index contributed by atoms with van der Waals surface area (Å²) in [4.78, 5) is 18.7. The maximum Gasteiger partial charge on any atom is 0.322 e. The van der Waals surface area contributed by atoms with Crippen molar-refractivity contribution in [1.29, 1.82) is 0 Å². The summed E-state index contributed by atoms with van der Waals surface area (Å²) in [6, 6.07) is 0.253. The number of nitrogens with zero attached hydrogens (tertiary/aromatic N) is 5. The minimum Gasteiger partial charge on any atom is -0.391 e. The minimum absolute atomic E-state index is 0.00390. The van der Waals surface area contributed by atoms with E-state index in [2.05, 4.69) is 15.4 Å². The quantitative estimate of drug-likeness (QED) is 0.661. The zero-order valence-electron chi connectivity index (χ0n) is 23.0. The molecule has 0 bridgehead atoms. The molecule has 1 aromatic carbocycles. The van der Waals surface area contributed by atoms with Crippen LogP contribution in [0.25, 0.3) is 5.65 Å². The number of likely N-dealkylation sites (tertiary alicyclic amines) is 1. The van der Waals surface area contributed by atoms with E-state index in [0.717, 1.165) is 18.2 Å². The monoisotopic (exact) mass is 435 g/mol. The van der Waals surface area contributed by atoms with E-state index < -0.39 is 61.1 Å². The van der Waals surface area contributed by atoms with Gasteiger partial charge in [0.25, 0.3) is 0 Å². The van der Waals surface area contributed by atoms with E-state index in [0.29, 0.717) is 0 Å². The number of anilines is 2. The molecule has 5 rings (SSSR count). The first kappa shape index (κ1) is 13.2. The van der Waals surface area contributed by atoms with E-state index >= 15 is 0 Å². The van der Waals surface area contributed by atoms with Crippen LogP contribution in [0.1, 0.15) is 40.4 Å². The molecule has 2 fully saturated rings. The molecule has 162 valence electrons. The first-order valence-electron chi connectivity index (χ1n) is 13.0. The van der Waals surface area contributed by atoms with Crippen molar-refractivity contribution >= 4 is 23.2 Å². The zero-order valence-corrected chi connectivity index (χ0v) is 16.0. The van der Waals surface area contributed by atoms with E-state index in [9.17, 15) is 18.7 Å². The van der Waals surface area contributed by atoms with Crippen LogP contribution in [0.3, 0.4) is 0 Å². The third-order valence-electron chi connectivity index (χ3n) is 4.88. The first-order chi connectivity index (χ1) is 17.6. The highest BCUT2D eigenvalue weighted by molar-refractivity contribution is 5.93. The van der Waals surface area contributed by atoms with Gasteiger partial charge in [-0.25, -0.2) is 23.1 Å². The predicted octanol–water partition coefficient (Wildman–Crippen LogP) is 2.95. The Morgan fingerprint density at radius 1 is 1.35 bits per heavy atom. The number of nitrogens with one attached hydrogen (secondary N) is 1. The van der Waals surface area contributed by atoms with Gasteiger partial charge in [0.2, 0.25) is 0 Å². The van der Waals surface area contributed by atoms with E-state index in [1.165, 1.54) is 27.9 Å². The molecule has 2 N–H and O–H groups in total. The number of halogens is 2. The summed E-state index contributed by atoms with van der Waals surface area (Å²) < 4.78 is 87.7. The molecule has 2 aliphatic heterocycles. The van der Waals surface area contributed by atoms with Crippen LogP contribution >= 0.6 is 0 Å². The Hall–Kier alpha value is -3.27. The number of amides is 2. The highest BCUT2D eigenvalue weighted by Gasteiger charge is 2.30. The average molecular weight is 435 g/mol. The molecule has 31 heavy (non-hydrogen) atoms. The Kier molecular flexibility index (Phi) is 3.31. The number of carbonyl (C=O) groups excluding carboxylic acids is 1. The maximum atomic E-state index is 14.8. The van der Waals surface area contributed by atoms with E-state index in [4.69, 9.17) is 9.60 Å². The number of benzene rings is 1. The first-order valence-corrected chi connectivity index (χ1v) is 9.46. The average Bonchev–Trinajstić information content (AvgIpc) is 3.37. The number of hydrogen-bond donors (Lipinski definition) is 2. The van der Waals surface area contributed by atoms with Gasteiger partial charge in [0.05, 0.1) is 22.4 Å². The molecular weight excluding hydrogens is 406 g/mol. The van der Waals surface area contributed by atoms with Crippen LogP contribution in [0.4, 0.5) is 25.1 Å². The van der Waals surface area contributed by atoms with Gasteiger partial charge in [-0.05, 0) is 43.5 Å². The SMILES string of the molecule is [2H]C1([2H])C[C@H](O)C([2H])([2H])N1C(=O)Nc1cnn2ccc(N3CCC([2H])([2H])C3([2H])c3cc(F)ccc3F)nc12. The molecule has 2 atom stereocenters. The minimum atomic E-state index is -2.70. The predicted molar refractivity (Wildman–Crippen MR) is 110 cm³/mol. The lowest BCUT2D eigenvalue weighted by Crippen LogP contribution is -2.33. The fourth-order valence-electron chi connectivity index (χ4n) is 3.46. The molecule has 1 unspecified atom stereocenters. The fourth-order valence-corrected chi connectivity index (χ4v) is 3.46. The summed E-state index contributed by atoms with van der Waals surface area (Å²) in [6.07, 6.45) is -2.32. The standard InChI is InChI=1S/C21H22F2N6O2/c22-13-3-4-16(23)15(10-13)18-2-1-7-28(18)19-6-9-29-20(26-19)17(11-24-29)25-21(31)27-8-5-14(30)12-27/h3-4,6,9-11,14,18,30H,1-2,5,7-8,12H2,(H,25,31)/t14-,18?/m0/s1/i2D2,8D2,12D2,18D. The summed E-state index contributed by atoms with van der Waals surface area (Å²) in [7, 11) is 0. The van der Waals surface area contributed by atoms with Crippen LogP contribution in [-0.2, 0) is 0 Å². The van der Waals surface area contributed by atoms with Crippen molar-refractivity contribution in [3.63, 3.8) is 0 Å². The molecule has 0 radical (unpaired) electrons. The van der Waals surface area contributed by atoms with Crippen LogP contribution in [-0.4, -0.2) is 56.3 Å². The van der Waals surface area contributed by atoms with Gasteiger partial charge >= 0.3 is 6.03 Å². The van der Waals surface area contributed by atoms with Crippen molar-refractivity contribution in [3.05, 3.63) is 53.9 Å². The largest absolute Gasteiger partial charge is 0.391 e. The van der Waals surface area contributed by atoms with Crippen molar-refractivity contribution in [2.75, 3.05) is 29.8 Å². The second kappa shape index (κ2) is 7.77. The van der Waals surface area contributed by atoms with Crippen LogP contribution in [0, 0.1) is 11.6 Å². The number of β-amino-alcohol motifs (C(OH)–C–C–N with tert-alkyl or cyclic N) is 1. The number of rotatable bonds is 3. The highest BCUT2D eigenvalue weighted by atomic mass is 19.1. The molecule has 0 spiro atoms. The van der Waals surface area contributed by atoms with Gasteiger partial charge in [0.15, 0.2) is 5.65 Å². The van der Waals surface area contributed by atoms with Crippen LogP contribution in [0.15, 0.2) is 36.7 Å². The smallest absolute Gasteiger partial charge is 0.322 e. The lowest BCUT2D eigenvalue weighted by molar-refractivity contribution is 0.176. The molecule has 4 heterocycles. The number of fused-ring (bicyclic) bond motifs is 1. The second-order valence-corrected chi connectivity index (χ2v) is 6.94. The molecule has 3 aromatic rings. The maximum absolute atomic E-state index is 14.8. The van der Waals surface area contributed by atoms with Gasteiger partial charge in [0.1, 0.15) is 23.1 Å². The van der Waals surface area contributed by atoms with Crippen molar-refractivity contribution in [2.45, 2.75) is 31.3 Å². The van der Waals surface area contributed by atoms with Gasteiger partial charge < -0.3 is 20.2 Å². The summed E-state index contributed by atoms with van der Waals surface area (Å²) in [5, 5.41) is 16.3. The van der Waals surface area contributed by atoms with Crippen molar-refractivity contribution in [2.24, 2.45) is 0 Å². The summed E-state index contributed by atoms with van der Waals surface area (Å²) in [5.74, 6) is -1.81. The topological polar surface area (TPSA) is 86.0 Å². The molecule has 10 heteroatoms. The lowest BCUT2D eigenvalue weighted by Gasteiger charge is -2.26. The Morgan fingerprint density at radius 3 is 3.03 bits per heavy atom. The Morgan fingerprint density at radius 2 is 2.23 bits per heavy atom. The fraction of sp³-hybridized carbons (Fsp3) is 0.381. The van der Waals surface area contributed by atoms with Crippen LogP contribution in [0.2, 0.25) is 0 Å². The summed E-state index contributed by atoms with van der Waals surface area (Å²) in [6.45, 7) is -5.26. The Balaban J connectivity index is 1.53. The van der Waals surface area contributed by atoms with Crippen molar-refractivity contribution in [1.82, 2.24) is 19.5 Å². The number of urea groups is 1. The molecular formula is C21H22F2N6O2. The van der Waals surface area contributed by atoms with Crippen molar-refractivity contribution < 1.29 is 28.3 Å². The lowest BCUT2D eigenvalue weighted by atomic mass is 10.0. The summed E-state index contributed by atoms with van der Waals surface area (Å²) >= 11 is 0. The van der Waals surface area contributed by atoms with E-state index in [1.54, 1.807) is 0 Å². The number of hydrogen-bond acceptors (Lipinski definition) is 5. The summed E-state index contributed by atoms with van der Waals surface area (Å²) in [5.41, 5.74) is -0.605. The van der Waals surface area contributed by atoms with Crippen molar-refractivity contribution in [3.8, 4) is 0 Å². The van der Waals surface area contributed by atoms with Gasteiger partial charge in [0, 0.05) is 36.8 Å². The molecule has 0 aliphatic carbocycles. The third kappa shape index (κ3) is 3.67. The van der Waals surface area contributed by atoms with E-state index in [1.807, 2.05) is 0 Å². The molecule has 2 aromatic heterocycles. The Bertz CT molecular complexity index is 1440.